The maximum Gasteiger partial charge on any atom is 0.352 e. The summed E-state index contributed by atoms with van der Waals surface area (Å²) in [5.74, 6) is 0.120. The Balaban J connectivity index is 2.32. The molecule has 3 rings (SSSR count). The number of nitrogens with zero attached hydrogens (tertiary/aromatic N) is 2. The van der Waals surface area contributed by atoms with E-state index in [0.29, 0.717) is 16.3 Å². The quantitative estimate of drug-likeness (QED) is 0.674. The first-order valence-corrected chi connectivity index (χ1v) is 5.56. The van der Waals surface area contributed by atoms with Crippen LogP contribution in [0.3, 0.4) is 0 Å². The van der Waals surface area contributed by atoms with Crippen LogP contribution in [0, 0.1) is 6.92 Å². The molecule has 0 aliphatic heterocycles. The third-order valence-corrected chi connectivity index (χ3v) is 2.88. The Labute approximate surface area is 106 Å². The lowest BCUT2D eigenvalue weighted by Gasteiger charge is -2.00. The maximum atomic E-state index is 11.8. The van der Waals surface area contributed by atoms with E-state index in [4.69, 9.17) is 20.5 Å². The van der Waals surface area contributed by atoms with Crippen LogP contribution in [0.1, 0.15) is 5.69 Å². The molecule has 0 radical (unpaired) electrons. The lowest BCUT2D eigenvalue weighted by Crippen LogP contribution is -2.02. The largest absolute Gasteiger partial charge is 0.403 e. The van der Waals surface area contributed by atoms with Gasteiger partial charge in [0, 0.05) is 0 Å². The summed E-state index contributed by atoms with van der Waals surface area (Å²) < 4.78 is 10.1. The van der Waals surface area contributed by atoms with E-state index >= 15 is 0 Å². The fourth-order valence-electron chi connectivity index (χ4n) is 1.67. The third kappa shape index (κ3) is 1.60. The topological polar surface area (TPSA) is 69.1 Å². The third-order valence-electron chi connectivity index (χ3n) is 2.55. The SMILES string of the molecule is Cc1noc2nc(-c3ccccc3Cl)oc(=O)c12. The number of aryl methyl sites for hydroxylation is 1. The first kappa shape index (κ1) is 11.0. The van der Waals surface area contributed by atoms with Crippen LogP contribution in [0.25, 0.3) is 22.6 Å². The van der Waals surface area contributed by atoms with Gasteiger partial charge in [-0.05, 0) is 19.1 Å². The van der Waals surface area contributed by atoms with Crippen LogP contribution in [0.2, 0.25) is 5.02 Å². The number of rotatable bonds is 1. The molecule has 0 aliphatic carbocycles. The standard InChI is InChI=1S/C12H7ClN2O3/c1-6-9-11(18-15-6)14-10(17-12(9)16)7-4-2-3-5-8(7)13/h2-5H,1H3. The van der Waals surface area contributed by atoms with Crippen molar-refractivity contribution in [2.24, 2.45) is 0 Å². The normalized spacial score (nSPS) is 11.0. The van der Waals surface area contributed by atoms with Crippen LogP contribution in [0.5, 0.6) is 0 Å². The molecular weight excluding hydrogens is 256 g/mol. The number of hydrogen-bond donors (Lipinski definition) is 0. The van der Waals surface area contributed by atoms with Crippen LogP contribution in [0.15, 0.2) is 38.0 Å². The summed E-state index contributed by atoms with van der Waals surface area (Å²) in [6.07, 6.45) is 0. The Morgan fingerprint density at radius 1 is 1.28 bits per heavy atom. The molecule has 0 N–H and O–H groups in total. The van der Waals surface area contributed by atoms with Gasteiger partial charge in [-0.25, -0.2) is 4.79 Å². The zero-order chi connectivity index (χ0) is 12.7. The smallest absolute Gasteiger partial charge is 0.352 e. The molecule has 0 amide bonds. The fourth-order valence-corrected chi connectivity index (χ4v) is 1.89. The van der Waals surface area contributed by atoms with E-state index in [0.717, 1.165) is 0 Å². The van der Waals surface area contributed by atoms with Crippen molar-refractivity contribution in [2.45, 2.75) is 6.92 Å². The van der Waals surface area contributed by atoms with E-state index in [9.17, 15) is 4.79 Å². The predicted molar refractivity (Wildman–Crippen MR) is 65.5 cm³/mol. The summed E-state index contributed by atoms with van der Waals surface area (Å²) in [6.45, 7) is 1.65. The van der Waals surface area contributed by atoms with E-state index in [1.54, 1.807) is 31.2 Å². The van der Waals surface area contributed by atoms with Crippen LogP contribution >= 0.6 is 11.6 Å². The minimum Gasteiger partial charge on any atom is -0.403 e. The highest BCUT2D eigenvalue weighted by atomic mass is 35.5. The number of benzene rings is 1. The van der Waals surface area contributed by atoms with Gasteiger partial charge in [-0.2, -0.15) is 4.98 Å². The molecular formula is C12H7ClN2O3. The maximum absolute atomic E-state index is 11.8. The van der Waals surface area contributed by atoms with Gasteiger partial charge in [-0.3, -0.25) is 0 Å². The molecule has 6 heteroatoms. The van der Waals surface area contributed by atoms with Crippen molar-refractivity contribution in [1.82, 2.24) is 10.1 Å². The lowest BCUT2D eigenvalue weighted by molar-refractivity contribution is 0.437. The van der Waals surface area contributed by atoms with E-state index in [2.05, 4.69) is 10.1 Å². The molecule has 2 aromatic heterocycles. The van der Waals surface area contributed by atoms with Crippen molar-refractivity contribution < 1.29 is 8.94 Å². The summed E-state index contributed by atoms with van der Waals surface area (Å²) >= 11 is 6.02. The van der Waals surface area contributed by atoms with E-state index < -0.39 is 5.63 Å². The van der Waals surface area contributed by atoms with Crippen LogP contribution in [-0.4, -0.2) is 10.1 Å². The first-order valence-electron chi connectivity index (χ1n) is 5.19. The summed E-state index contributed by atoms with van der Waals surface area (Å²) in [4.78, 5) is 15.9. The summed E-state index contributed by atoms with van der Waals surface area (Å²) in [5.41, 5.74) is 0.608. The van der Waals surface area contributed by atoms with Gasteiger partial charge in [0.05, 0.1) is 16.3 Å². The van der Waals surface area contributed by atoms with Crippen molar-refractivity contribution in [3.05, 3.63) is 45.4 Å². The van der Waals surface area contributed by atoms with Gasteiger partial charge in [-0.15, -0.1) is 0 Å². The molecule has 0 aliphatic rings. The highest BCUT2D eigenvalue weighted by Gasteiger charge is 2.16. The first-order chi connectivity index (χ1) is 8.66. The molecule has 0 saturated heterocycles. The monoisotopic (exact) mass is 262 g/mol. The zero-order valence-electron chi connectivity index (χ0n) is 9.31. The fraction of sp³-hybridized carbons (Fsp3) is 0.0833. The van der Waals surface area contributed by atoms with Gasteiger partial charge in [-0.1, -0.05) is 28.9 Å². The van der Waals surface area contributed by atoms with Crippen molar-refractivity contribution in [3.8, 4) is 11.5 Å². The Morgan fingerprint density at radius 3 is 2.83 bits per heavy atom. The molecule has 0 atom stereocenters. The van der Waals surface area contributed by atoms with Gasteiger partial charge in [0.15, 0.2) is 0 Å². The highest BCUT2D eigenvalue weighted by Crippen LogP contribution is 2.26. The van der Waals surface area contributed by atoms with Crippen molar-refractivity contribution in [1.29, 1.82) is 0 Å². The lowest BCUT2D eigenvalue weighted by atomic mass is 10.2. The Morgan fingerprint density at radius 2 is 2.06 bits per heavy atom. The Hall–Kier alpha value is -2.14. The molecule has 90 valence electrons. The average molecular weight is 263 g/mol. The molecule has 18 heavy (non-hydrogen) atoms. The Kier molecular flexibility index (Phi) is 2.41. The van der Waals surface area contributed by atoms with Gasteiger partial charge < -0.3 is 8.94 Å². The minimum absolute atomic E-state index is 0.120. The number of halogens is 1. The number of fused-ring (bicyclic) bond motifs is 1. The molecule has 0 saturated carbocycles. The summed E-state index contributed by atoms with van der Waals surface area (Å²) in [7, 11) is 0. The second-order valence-electron chi connectivity index (χ2n) is 3.73. The van der Waals surface area contributed by atoms with Gasteiger partial charge >= 0.3 is 5.63 Å². The van der Waals surface area contributed by atoms with Crippen molar-refractivity contribution >= 4 is 22.7 Å². The Bertz CT molecular complexity index is 791. The zero-order valence-corrected chi connectivity index (χ0v) is 10.1. The molecule has 5 nitrogen and oxygen atoms in total. The van der Waals surface area contributed by atoms with Crippen LogP contribution in [0.4, 0.5) is 0 Å². The highest BCUT2D eigenvalue weighted by molar-refractivity contribution is 6.33. The summed E-state index contributed by atoms with van der Waals surface area (Å²) in [6, 6.07) is 6.96. The molecule has 0 spiro atoms. The van der Waals surface area contributed by atoms with Gasteiger partial charge in [0.25, 0.3) is 5.71 Å². The molecule has 0 bridgehead atoms. The van der Waals surface area contributed by atoms with E-state index in [1.165, 1.54) is 0 Å². The molecule has 0 unspecified atom stereocenters. The van der Waals surface area contributed by atoms with E-state index in [-0.39, 0.29) is 17.0 Å². The molecule has 1 aromatic carbocycles. The van der Waals surface area contributed by atoms with Crippen molar-refractivity contribution in [2.75, 3.05) is 0 Å². The van der Waals surface area contributed by atoms with Crippen LogP contribution in [-0.2, 0) is 0 Å². The number of aromatic nitrogens is 2. The van der Waals surface area contributed by atoms with Crippen molar-refractivity contribution in [3.63, 3.8) is 0 Å². The second-order valence-corrected chi connectivity index (χ2v) is 4.14. The van der Waals surface area contributed by atoms with Gasteiger partial charge in [0.1, 0.15) is 5.39 Å². The minimum atomic E-state index is -0.534. The second kappa shape index (κ2) is 3.96. The molecule has 3 aromatic rings. The summed E-state index contributed by atoms with van der Waals surface area (Å²) in [5, 5.41) is 4.39. The molecule has 2 heterocycles. The predicted octanol–water partition coefficient (Wildman–Crippen LogP) is 2.80. The van der Waals surface area contributed by atoms with E-state index in [1.807, 2.05) is 0 Å². The van der Waals surface area contributed by atoms with Crippen LogP contribution < -0.4 is 5.63 Å². The number of hydrogen-bond acceptors (Lipinski definition) is 5. The van der Waals surface area contributed by atoms with Gasteiger partial charge in [0.2, 0.25) is 5.89 Å². The molecule has 0 fully saturated rings. The average Bonchev–Trinajstić information content (AvgIpc) is 2.72.